The molecule has 3 aromatic rings. The van der Waals surface area contributed by atoms with Crippen LogP contribution in [0, 0.1) is 10.1 Å². The maximum atomic E-state index is 12.7. The molecule has 134 valence electrons. The Kier molecular flexibility index (Phi) is 4.00. The van der Waals surface area contributed by atoms with E-state index in [1.807, 2.05) is 6.07 Å². The standard InChI is InChI=1S/C19H14N4O4/c1-22-11-20-17-16(14-4-2-3-5-15(14)19(24)18(17)22)21-27-10-12-6-8-13(9-7-12)23(25)26/h2-9,11H,10H2,1H3/b21-16-. The summed E-state index contributed by atoms with van der Waals surface area (Å²) in [4.78, 5) is 32.7. The number of carbonyl (C=O) groups is 1. The maximum absolute atomic E-state index is 12.7. The van der Waals surface area contributed by atoms with Crippen LogP contribution in [-0.2, 0) is 18.5 Å². The van der Waals surface area contributed by atoms with Gasteiger partial charge in [0.2, 0.25) is 5.78 Å². The lowest BCUT2D eigenvalue weighted by Gasteiger charge is -2.17. The van der Waals surface area contributed by atoms with Gasteiger partial charge < -0.3 is 9.40 Å². The van der Waals surface area contributed by atoms with E-state index in [1.165, 1.54) is 12.1 Å². The highest BCUT2D eigenvalue weighted by Gasteiger charge is 2.32. The second-order valence-electron chi connectivity index (χ2n) is 6.06. The van der Waals surface area contributed by atoms with Crippen LogP contribution < -0.4 is 0 Å². The molecule has 0 N–H and O–H groups in total. The second-order valence-corrected chi connectivity index (χ2v) is 6.06. The van der Waals surface area contributed by atoms with Gasteiger partial charge in [-0.1, -0.05) is 29.4 Å². The van der Waals surface area contributed by atoms with Crippen molar-refractivity contribution in [1.82, 2.24) is 9.55 Å². The Morgan fingerprint density at radius 1 is 1.15 bits per heavy atom. The number of nitro benzene ring substituents is 1. The number of carbonyl (C=O) groups excluding carboxylic acids is 1. The van der Waals surface area contributed by atoms with Gasteiger partial charge in [-0.3, -0.25) is 14.9 Å². The number of oxime groups is 1. The third-order valence-electron chi connectivity index (χ3n) is 4.34. The van der Waals surface area contributed by atoms with Gasteiger partial charge in [0.1, 0.15) is 23.7 Å². The molecule has 4 rings (SSSR count). The molecule has 1 aromatic heterocycles. The third-order valence-corrected chi connectivity index (χ3v) is 4.34. The lowest BCUT2D eigenvalue weighted by molar-refractivity contribution is -0.384. The van der Waals surface area contributed by atoms with Crippen LogP contribution in [0.25, 0.3) is 0 Å². The van der Waals surface area contributed by atoms with Gasteiger partial charge >= 0.3 is 0 Å². The molecule has 8 nitrogen and oxygen atoms in total. The molecule has 0 bridgehead atoms. The molecule has 27 heavy (non-hydrogen) atoms. The number of rotatable bonds is 4. The molecule has 0 unspecified atom stereocenters. The molecule has 8 heteroatoms. The molecular formula is C19H14N4O4. The number of hydrogen-bond acceptors (Lipinski definition) is 6. The van der Waals surface area contributed by atoms with E-state index in [2.05, 4.69) is 10.1 Å². The quantitative estimate of drug-likeness (QED) is 0.410. The first-order chi connectivity index (χ1) is 13.1. The van der Waals surface area contributed by atoms with Crippen LogP contribution >= 0.6 is 0 Å². The van der Waals surface area contributed by atoms with Crippen molar-refractivity contribution in [1.29, 1.82) is 0 Å². The largest absolute Gasteiger partial charge is 0.390 e. The fraction of sp³-hybridized carbons (Fsp3) is 0.105. The lowest BCUT2D eigenvalue weighted by Crippen LogP contribution is -2.23. The summed E-state index contributed by atoms with van der Waals surface area (Å²) >= 11 is 0. The van der Waals surface area contributed by atoms with E-state index in [4.69, 9.17) is 4.84 Å². The number of nitro groups is 1. The van der Waals surface area contributed by atoms with Crippen molar-refractivity contribution >= 4 is 17.2 Å². The van der Waals surface area contributed by atoms with E-state index in [0.717, 1.165) is 5.56 Å². The molecule has 1 heterocycles. The van der Waals surface area contributed by atoms with Gasteiger partial charge in [-0.25, -0.2) is 4.98 Å². The molecule has 0 fully saturated rings. The van der Waals surface area contributed by atoms with E-state index in [9.17, 15) is 14.9 Å². The number of non-ortho nitro benzene ring substituents is 1. The van der Waals surface area contributed by atoms with Gasteiger partial charge in [0.15, 0.2) is 0 Å². The highest BCUT2D eigenvalue weighted by Crippen LogP contribution is 2.27. The number of hydrogen-bond donors (Lipinski definition) is 0. The van der Waals surface area contributed by atoms with Crippen molar-refractivity contribution in [2.24, 2.45) is 12.2 Å². The van der Waals surface area contributed by atoms with E-state index in [0.29, 0.717) is 28.2 Å². The summed E-state index contributed by atoms with van der Waals surface area (Å²) < 4.78 is 1.67. The normalized spacial score (nSPS) is 14.0. The molecule has 1 aliphatic rings. The monoisotopic (exact) mass is 362 g/mol. The minimum atomic E-state index is -0.455. The molecule has 0 saturated heterocycles. The first-order valence-electron chi connectivity index (χ1n) is 8.15. The molecular weight excluding hydrogens is 348 g/mol. The number of nitrogens with zero attached hydrogens (tertiary/aromatic N) is 4. The summed E-state index contributed by atoms with van der Waals surface area (Å²) in [7, 11) is 1.76. The summed E-state index contributed by atoms with van der Waals surface area (Å²) in [6, 6.07) is 13.2. The first kappa shape index (κ1) is 16.6. The van der Waals surface area contributed by atoms with Crippen molar-refractivity contribution in [2.75, 3.05) is 0 Å². The molecule has 2 aromatic carbocycles. The SMILES string of the molecule is Cn1cnc2c1C(=O)c1ccccc1/C2=N/OCc1ccc([N+](=O)[O-])cc1. The van der Waals surface area contributed by atoms with Gasteiger partial charge in [-0.2, -0.15) is 0 Å². The molecule has 0 amide bonds. The van der Waals surface area contributed by atoms with Gasteiger partial charge in [-0.05, 0) is 17.7 Å². The smallest absolute Gasteiger partial charge is 0.269 e. The Balaban J connectivity index is 1.64. The second kappa shape index (κ2) is 6.49. The van der Waals surface area contributed by atoms with E-state index >= 15 is 0 Å². The summed E-state index contributed by atoms with van der Waals surface area (Å²) in [5, 5.41) is 14.9. The minimum absolute atomic E-state index is 0.0166. The molecule has 0 saturated carbocycles. The lowest BCUT2D eigenvalue weighted by atomic mass is 9.89. The van der Waals surface area contributed by atoms with E-state index in [1.54, 1.807) is 48.3 Å². The zero-order valence-electron chi connectivity index (χ0n) is 14.3. The fourth-order valence-electron chi connectivity index (χ4n) is 2.99. The Bertz CT molecular complexity index is 1080. The zero-order valence-corrected chi connectivity index (χ0v) is 14.3. The van der Waals surface area contributed by atoms with Crippen LogP contribution in [0.4, 0.5) is 5.69 Å². The molecule has 0 aliphatic heterocycles. The molecule has 0 spiro atoms. The van der Waals surface area contributed by atoms with Gasteiger partial charge in [0, 0.05) is 30.3 Å². The van der Waals surface area contributed by atoms with Crippen LogP contribution in [0.3, 0.4) is 0 Å². The van der Waals surface area contributed by atoms with Crippen LogP contribution in [0.2, 0.25) is 0 Å². The Labute approximate surface area is 153 Å². The van der Waals surface area contributed by atoms with Crippen molar-refractivity contribution < 1.29 is 14.6 Å². The number of fused-ring (bicyclic) bond motifs is 2. The van der Waals surface area contributed by atoms with Gasteiger partial charge in [0.05, 0.1) is 11.3 Å². The molecule has 1 aliphatic carbocycles. The van der Waals surface area contributed by atoms with Crippen molar-refractivity contribution in [3.63, 3.8) is 0 Å². The average Bonchev–Trinajstić information content (AvgIpc) is 3.06. The number of benzene rings is 2. The highest BCUT2D eigenvalue weighted by molar-refractivity contribution is 6.28. The summed E-state index contributed by atoms with van der Waals surface area (Å²) in [5.74, 6) is -0.102. The van der Waals surface area contributed by atoms with Gasteiger partial charge in [0.25, 0.3) is 5.69 Å². The third kappa shape index (κ3) is 2.86. The maximum Gasteiger partial charge on any atom is 0.269 e. The predicted octanol–water partition coefficient (Wildman–Crippen LogP) is 2.84. The highest BCUT2D eigenvalue weighted by atomic mass is 16.6. The number of imidazole rings is 1. The Morgan fingerprint density at radius 2 is 1.85 bits per heavy atom. The molecule has 0 atom stereocenters. The summed E-state index contributed by atoms with van der Waals surface area (Å²) in [5.41, 5.74) is 3.40. The number of aromatic nitrogens is 2. The number of aryl methyl sites for hydroxylation is 1. The molecule has 0 radical (unpaired) electrons. The van der Waals surface area contributed by atoms with E-state index in [-0.39, 0.29) is 18.1 Å². The zero-order chi connectivity index (χ0) is 19.0. The van der Waals surface area contributed by atoms with Crippen molar-refractivity contribution in [2.45, 2.75) is 6.61 Å². The van der Waals surface area contributed by atoms with E-state index < -0.39 is 4.92 Å². The van der Waals surface area contributed by atoms with Crippen LogP contribution in [0.1, 0.15) is 32.9 Å². The average molecular weight is 362 g/mol. The Hall–Kier alpha value is -3.81. The summed E-state index contributed by atoms with van der Waals surface area (Å²) in [6.45, 7) is 0.139. The van der Waals surface area contributed by atoms with Gasteiger partial charge in [-0.15, -0.1) is 0 Å². The first-order valence-corrected chi connectivity index (χ1v) is 8.15. The van der Waals surface area contributed by atoms with Crippen LogP contribution in [-0.4, -0.2) is 26.0 Å². The van der Waals surface area contributed by atoms with Crippen molar-refractivity contribution in [3.8, 4) is 0 Å². The van der Waals surface area contributed by atoms with Crippen LogP contribution in [0.15, 0.2) is 60.0 Å². The van der Waals surface area contributed by atoms with Crippen LogP contribution in [0.5, 0.6) is 0 Å². The summed E-state index contributed by atoms with van der Waals surface area (Å²) in [6.07, 6.45) is 1.57. The van der Waals surface area contributed by atoms with Crippen molar-refractivity contribution in [3.05, 3.63) is 93.1 Å². The predicted molar refractivity (Wildman–Crippen MR) is 96.6 cm³/mol. The minimum Gasteiger partial charge on any atom is -0.390 e. The Morgan fingerprint density at radius 3 is 2.56 bits per heavy atom. The number of ketones is 1. The fourth-order valence-corrected chi connectivity index (χ4v) is 2.99. The topological polar surface area (TPSA) is 99.6 Å².